The zero-order chi connectivity index (χ0) is 15.9. The molecule has 0 aromatic heterocycles. The average molecular weight is 304 g/mol. The van der Waals surface area contributed by atoms with Crippen molar-refractivity contribution < 1.29 is 19.4 Å². The Balaban J connectivity index is 1.89. The van der Waals surface area contributed by atoms with Crippen molar-refractivity contribution in [3.8, 4) is 0 Å². The molecule has 0 radical (unpaired) electrons. The second-order valence-corrected chi connectivity index (χ2v) is 5.22. The van der Waals surface area contributed by atoms with E-state index in [1.807, 2.05) is 43.3 Å². The fourth-order valence-corrected chi connectivity index (χ4v) is 2.29. The van der Waals surface area contributed by atoms with E-state index >= 15 is 0 Å². The Bertz CT molecular complexity index is 557. The molecule has 118 valence electrons. The number of rotatable bonds is 3. The van der Waals surface area contributed by atoms with Crippen molar-refractivity contribution in [1.82, 2.24) is 10.2 Å². The fraction of sp³-hybridized carbons (Fsp3) is 0.375. The van der Waals surface area contributed by atoms with Gasteiger partial charge in [-0.3, -0.25) is 0 Å². The number of amides is 2. The Morgan fingerprint density at radius 1 is 1.36 bits per heavy atom. The number of benzene rings is 1. The molecule has 1 aromatic rings. The molecule has 2 rings (SSSR count). The van der Waals surface area contributed by atoms with Gasteiger partial charge in [0, 0.05) is 13.1 Å². The first-order valence-electron chi connectivity index (χ1n) is 7.18. The maximum absolute atomic E-state index is 11.9. The summed E-state index contributed by atoms with van der Waals surface area (Å²) in [6.07, 6.45) is 1.07. The molecule has 1 unspecified atom stereocenters. The Labute approximate surface area is 129 Å². The van der Waals surface area contributed by atoms with Crippen LogP contribution in [0.5, 0.6) is 0 Å². The molecule has 1 aromatic carbocycles. The molecule has 1 heterocycles. The van der Waals surface area contributed by atoms with Crippen LogP contribution in [0.15, 0.2) is 42.0 Å². The highest BCUT2D eigenvalue weighted by atomic mass is 16.5. The third-order valence-electron chi connectivity index (χ3n) is 3.59. The summed E-state index contributed by atoms with van der Waals surface area (Å²) in [6, 6.07) is 9.02. The summed E-state index contributed by atoms with van der Waals surface area (Å²) in [5.74, 6) is 0. The van der Waals surface area contributed by atoms with Crippen molar-refractivity contribution in [2.24, 2.45) is 0 Å². The van der Waals surface area contributed by atoms with E-state index in [1.54, 1.807) is 0 Å². The first kappa shape index (κ1) is 15.9. The van der Waals surface area contributed by atoms with E-state index in [0.29, 0.717) is 13.0 Å². The maximum Gasteiger partial charge on any atom is 0.408 e. The summed E-state index contributed by atoms with van der Waals surface area (Å²) in [5.41, 5.74) is 1.85. The van der Waals surface area contributed by atoms with Gasteiger partial charge in [0.15, 0.2) is 0 Å². The largest absolute Gasteiger partial charge is 0.465 e. The number of nitrogens with zero attached hydrogens (tertiary/aromatic N) is 1. The van der Waals surface area contributed by atoms with Crippen LogP contribution in [0, 0.1) is 0 Å². The maximum atomic E-state index is 11.9. The quantitative estimate of drug-likeness (QED) is 0.841. The monoisotopic (exact) mass is 304 g/mol. The average Bonchev–Trinajstić information content (AvgIpc) is 2.69. The summed E-state index contributed by atoms with van der Waals surface area (Å²) in [6.45, 7) is 2.74. The van der Waals surface area contributed by atoms with E-state index < -0.39 is 12.2 Å². The molecule has 6 nitrogen and oxygen atoms in total. The zero-order valence-corrected chi connectivity index (χ0v) is 12.5. The standard InChI is InChI=1S/C16H20N2O4/c1-12-6-5-9-18(16(20)21)10-14(12)17-15(19)22-11-13-7-3-2-4-8-13/h2-4,6-8,14H,5,9-11H2,1H3,(H,17,19)(H,20,21). The Hall–Kier alpha value is -2.50. The van der Waals surface area contributed by atoms with Crippen LogP contribution in [0.1, 0.15) is 18.9 Å². The van der Waals surface area contributed by atoms with Gasteiger partial charge in [-0.05, 0) is 18.9 Å². The Morgan fingerprint density at radius 2 is 2.09 bits per heavy atom. The summed E-state index contributed by atoms with van der Waals surface area (Å²) in [7, 11) is 0. The smallest absolute Gasteiger partial charge is 0.408 e. The van der Waals surface area contributed by atoms with Crippen LogP contribution in [0.3, 0.4) is 0 Å². The van der Waals surface area contributed by atoms with E-state index in [2.05, 4.69) is 5.32 Å². The lowest BCUT2D eigenvalue weighted by molar-refractivity contribution is 0.128. The number of ether oxygens (including phenoxy) is 1. The van der Waals surface area contributed by atoms with Gasteiger partial charge in [-0.2, -0.15) is 0 Å². The van der Waals surface area contributed by atoms with Crippen molar-refractivity contribution in [1.29, 1.82) is 0 Å². The first-order chi connectivity index (χ1) is 10.6. The van der Waals surface area contributed by atoms with Gasteiger partial charge in [-0.25, -0.2) is 9.59 Å². The number of alkyl carbamates (subject to hydrolysis) is 1. The third-order valence-corrected chi connectivity index (χ3v) is 3.59. The normalized spacial score (nSPS) is 18.1. The number of nitrogens with one attached hydrogen (secondary N) is 1. The lowest BCUT2D eigenvalue weighted by Crippen LogP contribution is -2.45. The second-order valence-electron chi connectivity index (χ2n) is 5.22. The van der Waals surface area contributed by atoms with Crippen molar-refractivity contribution in [2.45, 2.75) is 26.0 Å². The second kappa shape index (κ2) is 7.49. The number of carbonyl (C=O) groups excluding carboxylic acids is 1. The molecular formula is C16H20N2O4. The van der Waals surface area contributed by atoms with Crippen LogP contribution < -0.4 is 5.32 Å². The predicted molar refractivity (Wildman–Crippen MR) is 81.5 cm³/mol. The topological polar surface area (TPSA) is 78.9 Å². The lowest BCUT2D eigenvalue weighted by atomic mass is 10.1. The minimum atomic E-state index is -0.979. The minimum Gasteiger partial charge on any atom is -0.465 e. The van der Waals surface area contributed by atoms with Gasteiger partial charge in [0.2, 0.25) is 0 Å². The van der Waals surface area contributed by atoms with Crippen molar-refractivity contribution in [2.75, 3.05) is 13.1 Å². The minimum absolute atomic E-state index is 0.185. The molecule has 22 heavy (non-hydrogen) atoms. The predicted octanol–water partition coefficient (Wildman–Crippen LogP) is 2.61. The summed E-state index contributed by atoms with van der Waals surface area (Å²) < 4.78 is 5.17. The molecule has 0 fully saturated rings. The molecule has 6 heteroatoms. The Kier molecular flexibility index (Phi) is 5.41. The summed E-state index contributed by atoms with van der Waals surface area (Å²) in [5, 5.41) is 11.8. The molecule has 0 aliphatic carbocycles. The highest BCUT2D eigenvalue weighted by Gasteiger charge is 2.23. The van der Waals surface area contributed by atoms with E-state index in [4.69, 9.17) is 9.84 Å². The number of hydrogen-bond acceptors (Lipinski definition) is 3. The molecular weight excluding hydrogens is 284 g/mol. The number of carboxylic acid groups (broad SMARTS) is 1. The van der Waals surface area contributed by atoms with E-state index in [1.165, 1.54) is 4.90 Å². The van der Waals surface area contributed by atoms with Crippen LogP contribution in [0.4, 0.5) is 9.59 Å². The Morgan fingerprint density at radius 3 is 2.77 bits per heavy atom. The molecule has 1 aliphatic heterocycles. The van der Waals surface area contributed by atoms with E-state index in [9.17, 15) is 9.59 Å². The molecule has 2 amide bonds. The van der Waals surface area contributed by atoms with Crippen molar-refractivity contribution in [3.05, 3.63) is 47.5 Å². The van der Waals surface area contributed by atoms with Crippen LogP contribution in [-0.2, 0) is 11.3 Å². The highest BCUT2D eigenvalue weighted by Crippen LogP contribution is 2.12. The van der Waals surface area contributed by atoms with E-state index in [0.717, 1.165) is 11.1 Å². The van der Waals surface area contributed by atoms with Gasteiger partial charge in [0.1, 0.15) is 6.61 Å². The van der Waals surface area contributed by atoms with Gasteiger partial charge in [0.25, 0.3) is 0 Å². The van der Waals surface area contributed by atoms with Crippen LogP contribution in [0.25, 0.3) is 0 Å². The van der Waals surface area contributed by atoms with Crippen LogP contribution >= 0.6 is 0 Å². The van der Waals surface area contributed by atoms with Crippen molar-refractivity contribution >= 4 is 12.2 Å². The highest BCUT2D eigenvalue weighted by molar-refractivity contribution is 5.69. The third kappa shape index (κ3) is 4.51. The SMILES string of the molecule is CC1=CCCN(C(=O)O)CC1NC(=O)OCc1ccccc1. The molecule has 1 aliphatic rings. The van der Waals surface area contributed by atoms with Gasteiger partial charge < -0.3 is 20.1 Å². The molecule has 0 saturated heterocycles. The molecule has 1 atom stereocenters. The lowest BCUT2D eigenvalue weighted by Gasteiger charge is -2.23. The summed E-state index contributed by atoms with van der Waals surface area (Å²) >= 11 is 0. The van der Waals surface area contributed by atoms with Gasteiger partial charge >= 0.3 is 12.2 Å². The molecule has 0 spiro atoms. The van der Waals surface area contributed by atoms with Crippen molar-refractivity contribution in [3.63, 3.8) is 0 Å². The van der Waals surface area contributed by atoms with Gasteiger partial charge in [0.05, 0.1) is 6.04 Å². The van der Waals surface area contributed by atoms with E-state index in [-0.39, 0.29) is 19.2 Å². The summed E-state index contributed by atoms with van der Waals surface area (Å²) in [4.78, 5) is 24.3. The van der Waals surface area contributed by atoms with Crippen LogP contribution in [0.2, 0.25) is 0 Å². The molecule has 2 N–H and O–H groups in total. The zero-order valence-electron chi connectivity index (χ0n) is 12.5. The van der Waals surface area contributed by atoms with Gasteiger partial charge in [-0.15, -0.1) is 0 Å². The fourth-order valence-electron chi connectivity index (χ4n) is 2.29. The molecule has 0 bridgehead atoms. The van der Waals surface area contributed by atoms with Crippen LogP contribution in [-0.4, -0.2) is 41.3 Å². The first-order valence-corrected chi connectivity index (χ1v) is 7.18. The van der Waals surface area contributed by atoms with Gasteiger partial charge in [-0.1, -0.05) is 42.0 Å². The molecule has 0 saturated carbocycles. The number of hydrogen-bond donors (Lipinski definition) is 2. The number of carbonyl (C=O) groups is 2.